The van der Waals surface area contributed by atoms with E-state index < -0.39 is 0 Å². The Balaban J connectivity index is 1.66. The molecule has 1 aromatic carbocycles. The summed E-state index contributed by atoms with van der Waals surface area (Å²) in [6.45, 7) is 2.64. The molecule has 0 unspecified atom stereocenters. The van der Waals surface area contributed by atoms with Gasteiger partial charge in [0.15, 0.2) is 0 Å². The summed E-state index contributed by atoms with van der Waals surface area (Å²) in [6, 6.07) is 16.1. The van der Waals surface area contributed by atoms with Crippen molar-refractivity contribution >= 4 is 17.2 Å². The van der Waals surface area contributed by atoms with E-state index in [1.165, 1.54) is 16.9 Å². The first-order valence-electron chi connectivity index (χ1n) is 7.56. The molecule has 0 atom stereocenters. The predicted molar refractivity (Wildman–Crippen MR) is 94.8 cm³/mol. The van der Waals surface area contributed by atoms with Crippen LogP contribution in [0, 0.1) is 6.92 Å². The predicted octanol–water partition coefficient (Wildman–Crippen LogP) is 4.09. The molecule has 23 heavy (non-hydrogen) atoms. The van der Waals surface area contributed by atoms with Gasteiger partial charge in [-0.1, -0.05) is 35.9 Å². The number of benzene rings is 1. The zero-order chi connectivity index (χ0) is 16.1. The SMILES string of the molecule is Cc1ccc(-c2ccsc2C(=O)NCCc2ccccn2)cc1. The van der Waals surface area contributed by atoms with Crippen molar-refractivity contribution in [2.24, 2.45) is 0 Å². The molecule has 0 fully saturated rings. The van der Waals surface area contributed by atoms with Crippen molar-refractivity contribution in [1.82, 2.24) is 10.3 Å². The van der Waals surface area contributed by atoms with Gasteiger partial charge in [-0.05, 0) is 36.1 Å². The number of nitrogens with zero attached hydrogens (tertiary/aromatic N) is 1. The second-order valence-corrected chi connectivity index (χ2v) is 6.27. The molecule has 0 spiro atoms. The fraction of sp³-hybridized carbons (Fsp3) is 0.158. The summed E-state index contributed by atoms with van der Waals surface area (Å²) in [7, 11) is 0. The number of nitrogens with one attached hydrogen (secondary N) is 1. The molecule has 3 nitrogen and oxygen atoms in total. The fourth-order valence-corrected chi connectivity index (χ4v) is 3.21. The largest absolute Gasteiger partial charge is 0.351 e. The van der Waals surface area contributed by atoms with E-state index in [0.29, 0.717) is 6.54 Å². The topological polar surface area (TPSA) is 42.0 Å². The van der Waals surface area contributed by atoms with Crippen LogP contribution in [0.3, 0.4) is 0 Å². The van der Waals surface area contributed by atoms with Crippen molar-refractivity contribution in [1.29, 1.82) is 0 Å². The minimum atomic E-state index is -0.0218. The first kappa shape index (κ1) is 15.4. The quantitative estimate of drug-likeness (QED) is 0.768. The second-order valence-electron chi connectivity index (χ2n) is 5.36. The normalized spacial score (nSPS) is 10.5. The van der Waals surface area contributed by atoms with Gasteiger partial charge in [-0.25, -0.2) is 0 Å². The first-order valence-corrected chi connectivity index (χ1v) is 8.44. The molecule has 0 bridgehead atoms. The highest BCUT2D eigenvalue weighted by Crippen LogP contribution is 2.28. The maximum absolute atomic E-state index is 12.4. The molecule has 116 valence electrons. The molecule has 2 heterocycles. The van der Waals surface area contributed by atoms with E-state index in [9.17, 15) is 4.79 Å². The van der Waals surface area contributed by atoms with Crippen LogP contribution >= 0.6 is 11.3 Å². The zero-order valence-electron chi connectivity index (χ0n) is 13.0. The van der Waals surface area contributed by atoms with Crippen LogP contribution in [-0.4, -0.2) is 17.4 Å². The molecule has 1 N–H and O–H groups in total. The molecular weight excluding hydrogens is 304 g/mol. The van der Waals surface area contributed by atoms with Crippen molar-refractivity contribution in [2.75, 3.05) is 6.54 Å². The molecule has 3 aromatic rings. The van der Waals surface area contributed by atoms with E-state index in [1.807, 2.05) is 29.6 Å². The van der Waals surface area contributed by atoms with Gasteiger partial charge in [0.1, 0.15) is 0 Å². The zero-order valence-corrected chi connectivity index (χ0v) is 13.8. The van der Waals surface area contributed by atoms with Gasteiger partial charge in [0.2, 0.25) is 0 Å². The minimum Gasteiger partial charge on any atom is -0.351 e. The van der Waals surface area contributed by atoms with Crippen LogP contribution in [-0.2, 0) is 6.42 Å². The summed E-state index contributed by atoms with van der Waals surface area (Å²) < 4.78 is 0. The Hall–Kier alpha value is -2.46. The molecule has 0 aliphatic heterocycles. The number of thiophene rings is 1. The van der Waals surface area contributed by atoms with Crippen LogP contribution in [0.5, 0.6) is 0 Å². The van der Waals surface area contributed by atoms with Crippen molar-refractivity contribution in [3.05, 3.63) is 76.2 Å². The molecule has 0 aliphatic rings. The third-order valence-electron chi connectivity index (χ3n) is 3.63. The molecule has 3 rings (SSSR count). The van der Waals surface area contributed by atoms with Crippen LogP contribution in [0.15, 0.2) is 60.1 Å². The van der Waals surface area contributed by atoms with Crippen LogP contribution in [0.2, 0.25) is 0 Å². The smallest absolute Gasteiger partial charge is 0.261 e. The highest BCUT2D eigenvalue weighted by molar-refractivity contribution is 7.12. The maximum atomic E-state index is 12.4. The first-order chi connectivity index (χ1) is 11.2. The number of pyridine rings is 1. The average Bonchev–Trinajstić information content (AvgIpc) is 3.06. The van der Waals surface area contributed by atoms with Gasteiger partial charge in [-0.15, -0.1) is 11.3 Å². The van der Waals surface area contributed by atoms with E-state index >= 15 is 0 Å². The number of aromatic nitrogens is 1. The van der Waals surface area contributed by atoms with Crippen LogP contribution < -0.4 is 5.32 Å². The summed E-state index contributed by atoms with van der Waals surface area (Å²) in [5.74, 6) is -0.0218. The van der Waals surface area contributed by atoms with Gasteiger partial charge in [0.25, 0.3) is 5.91 Å². The lowest BCUT2D eigenvalue weighted by Gasteiger charge is -2.06. The van der Waals surface area contributed by atoms with E-state index in [0.717, 1.165) is 28.1 Å². The van der Waals surface area contributed by atoms with E-state index in [-0.39, 0.29) is 5.91 Å². The Morgan fingerprint density at radius 1 is 1.13 bits per heavy atom. The highest BCUT2D eigenvalue weighted by atomic mass is 32.1. The molecule has 0 radical (unpaired) electrons. The van der Waals surface area contributed by atoms with Gasteiger partial charge >= 0.3 is 0 Å². The number of hydrogen-bond donors (Lipinski definition) is 1. The van der Waals surface area contributed by atoms with Crippen molar-refractivity contribution in [3.63, 3.8) is 0 Å². The van der Waals surface area contributed by atoms with Gasteiger partial charge in [-0.2, -0.15) is 0 Å². The summed E-state index contributed by atoms with van der Waals surface area (Å²) in [6.07, 6.45) is 2.50. The minimum absolute atomic E-state index is 0.0218. The Morgan fingerprint density at radius 3 is 2.70 bits per heavy atom. The van der Waals surface area contributed by atoms with Gasteiger partial charge in [0.05, 0.1) is 4.88 Å². The summed E-state index contributed by atoms with van der Waals surface area (Å²) >= 11 is 1.48. The number of aryl methyl sites for hydroxylation is 1. The van der Waals surface area contributed by atoms with Gasteiger partial charge in [-0.3, -0.25) is 9.78 Å². The summed E-state index contributed by atoms with van der Waals surface area (Å²) in [5, 5.41) is 4.95. The molecule has 0 saturated heterocycles. The number of hydrogen-bond acceptors (Lipinski definition) is 3. The Kier molecular flexibility index (Phi) is 4.83. The van der Waals surface area contributed by atoms with E-state index in [4.69, 9.17) is 0 Å². The van der Waals surface area contributed by atoms with Crippen molar-refractivity contribution in [2.45, 2.75) is 13.3 Å². The lowest BCUT2D eigenvalue weighted by atomic mass is 10.0. The highest BCUT2D eigenvalue weighted by Gasteiger charge is 2.14. The lowest BCUT2D eigenvalue weighted by molar-refractivity contribution is 0.0958. The Morgan fingerprint density at radius 2 is 1.96 bits per heavy atom. The third-order valence-corrected chi connectivity index (χ3v) is 4.54. The molecule has 0 saturated carbocycles. The number of rotatable bonds is 5. The average molecular weight is 322 g/mol. The monoisotopic (exact) mass is 322 g/mol. The van der Waals surface area contributed by atoms with E-state index in [1.54, 1.807) is 6.20 Å². The molecule has 1 amide bonds. The summed E-state index contributed by atoms with van der Waals surface area (Å²) in [5.41, 5.74) is 4.26. The lowest BCUT2D eigenvalue weighted by Crippen LogP contribution is -2.25. The Labute approximate surface area is 140 Å². The summed E-state index contributed by atoms with van der Waals surface area (Å²) in [4.78, 5) is 17.5. The third kappa shape index (κ3) is 3.85. The van der Waals surface area contributed by atoms with Crippen LogP contribution in [0.4, 0.5) is 0 Å². The van der Waals surface area contributed by atoms with E-state index in [2.05, 4.69) is 41.5 Å². The van der Waals surface area contributed by atoms with Crippen molar-refractivity contribution in [3.8, 4) is 11.1 Å². The van der Waals surface area contributed by atoms with Crippen LogP contribution in [0.25, 0.3) is 11.1 Å². The Bertz CT molecular complexity index is 779. The van der Waals surface area contributed by atoms with Crippen LogP contribution in [0.1, 0.15) is 20.9 Å². The molecule has 2 aromatic heterocycles. The number of carbonyl (C=O) groups is 1. The number of carbonyl (C=O) groups excluding carboxylic acids is 1. The second kappa shape index (κ2) is 7.20. The number of amides is 1. The molecule has 4 heteroatoms. The van der Waals surface area contributed by atoms with Gasteiger partial charge < -0.3 is 5.32 Å². The van der Waals surface area contributed by atoms with Crippen molar-refractivity contribution < 1.29 is 4.79 Å². The fourth-order valence-electron chi connectivity index (χ4n) is 2.38. The standard InChI is InChI=1S/C19H18N2OS/c1-14-5-7-15(8-6-14)17-10-13-23-18(17)19(22)21-12-9-16-4-2-3-11-20-16/h2-8,10-11,13H,9,12H2,1H3,(H,21,22). The van der Waals surface area contributed by atoms with Gasteiger partial charge in [0, 0.05) is 30.4 Å². The molecule has 0 aliphatic carbocycles. The molecular formula is C19H18N2OS. The maximum Gasteiger partial charge on any atom is 0.261 e.